The summed E-state index contributed by atoms with van der Waals surface area (Å²) in [6, 6.07) is 5.29. The molecule has 0 saturated heterocycles. The first-order valence-electron chi connectivity index (χ1n) is 5.54. The van der Waals surface area contributed by atoms with Gasteiger partial charge >= 0.3 is 0 Å². The van der Waals surface area contributed by atoms with Crippen molar-refractivity contribution in [1.82, 2.24) is 9.97 Å². The topological polar surface area (TPSA) is 37.8 Å². The predicted molar refractivity (Wildman–Crippen MR) is 65.2 cm³/mol. The second kappa shape index (κ2) is 5.08. The first kappa shape index (κ1) is 12.4. The van der Waals surface area contributed by atoms with Gasteiger partial charge < -0.3 is 5.32 Å². The molecule has 18 heavy (non-hydrogen) atoms. The molecular weight excluding hydrogens is 236 g/mol. The van der Waals surface area contributed by atoms with Crippen LogP contribution in [0.25, 0.3) is 0 Å². The van der Waals surface area contributed by atoms with Crippen LogP contribution in [0.3, 0.4) is 0 Å². The molecule has 0 spiro atoms. The molecule has 0 fully saturated rings. The van der Waals surface area contributed by atoms with Gasteiger partial charge in [-0.1, -0.05) is 6.07 Å². The van der Waals surface area contributed by atoms with E-state index in [2.05, 4.69) is 15.3 Å². The minimum atomic E-state index is -0.579. The van der Waals surface area contributed by atoms with Crippen LogP contribution in [0.1, 0.15) is 17.1 Å². The third kappa shape index (κ3) is 3.00. The SMILES string of the molecule is Cc1cc(NCc2ccc(F)cc2F)nc(C)n1. The van der Waals surface area contributed by atoms with Crippen molar-refractivity contribution in [3.63, 3.8) is 0 Å². The van der Waals surface area contributed by atoms with Gasteiger partial charge in [-0.2, -0.15) is 0 Å². The van der Waals surface area contributed by atoms with Gasteiger partial charge in [-0.05, 0) is 19.9 Å². The second-order valence-corrected chi connectivity index (χ2v) is 4.03. The van der Waals surface area contributed by atoms with E-state index in [-0.39, 0.29) is 6.54 Å². The molecule has 1 aromatic heterocycles. The quantitative estimate of drug-likeness (QED) is 0.908. The summed E-state index contributed by atoms with van der Waals surface area (Å²) >= 11 is 0. The van der Waals surface area contributed by atoms with E-state index in [0.717, 1.165) is 11.8 Å². The number of benzene rings is 1. The summed E-state index contributed by atoms with van der Waals surface area (Å²) in [6.45, 7) is 3.90. The highest BCUT2D eigenvalue weighted by Gasteiger charge is 2.04. The number of nitrogens with zero attached hydrogens (tertiary/aromatic N) is 2. The van der Waals surface area contributed by atoms with Crippen LogP contribution in [-0.2, 0) is 6.54 Å². The van der Waals surface area contributed by atoms with Gasteiger partial charge in [-0.25, -0.2) is 18.7 Å². The largest absolute Gasteiger partial charge is 0.366 e. The molecule has 1 heterocycles. The Balaban J connectivity index is 2.11. The molecule has 1 aromatic carbocycles. The lowest BCUT2D eigenvalue weighted by Crippen LogP contribution is -2.05. The third-order valence-corrected chi connectivity index (χ3v) is 2.44. The molecule has 0 bridgehead atoms. The zero-order valence-electron chi connectivity index (χ0n) is 10.2. The van der Waals surface area contributed by atoms with Gasteiger partial charge in [-0.15, -0.1) is 0 Å². The predicted octanol–water partition coefficient (Wildman–Crippen LogP) is 2.98. The van der Waals surface area contributed by atoms with Gasteiger partial charge in [0.05, 0.1) is 0 Å². The molecule has 0 aliphatic heterocycles. The lowest BCUT2D eigenvalue weighted by Gasteiger charge is -2.08. The fourth-order valence-corrected chi connectivity index (χ4v) is 1.66. The maximum absolute atomic E-state index is 13.4. The smallest absolute Gasteiger partial charge is 0.131 e. The summed E-state index contributed by atoms with van der Waals surface area (Å²) in [6.07, 6.45) is 0. The highest BCUT2D eigenvalue weighted by Crippen LogP contribution is 2.12. The summed E-state index contributed by atoms with van der Waals surface area (Å²) in [5.41, 5.74) is 1.23. The summed E-state index contributed by atoms with van der Waals surface area (Å²) in [4.78, 5) is 8.32. The van der Waals surface area contributed by atoms with Crippen molar-refractivity contribution in [2.75, 3.05) is 5.32 Å². The Morgan fingerprint density at radius 2 is 1.89 bits per heavy atom. The van der Waals surface area contributed by atoms with Gasteiger partial charge in [0.2, 0.25) is 0 Å². The third-order valence-electron chi connectivity index (χ3n) is 2.44. The van der Waals surface area contributed by atoms with E-state index < -0.39 is 11.6 Å². The van der Waals surface area contributed by atoms with E-state index in [9.17, 15) is 8.78 Å². The molecule has 0 aliphatic rings. The Morgan fingerprint density at radius 3 is 2.56 bits per heavy atom. The van der Waals surface area contributed by atoms with Crippen molar-refractivity contribution in [3.05, 3.63) is 53.0 Å². The van der Waals surface area contributed by atoms with Crippen LogP contribution in [0.4, 0.5) is 14.6 Å². The lowest BCUT2D eigenvalue weighted by atomic mass is 10.2. The van der Waals surface area contributed by atoms with Crippen molar-refractivity contribution in [3.8, 4) is 0 Å². The standard InChI is InChI=1S/C13H13F2N3/c1-8-5-13(18-9(2)17-8)16-7-10-3-4-11(14)6-12(10)15/h3-6H,7H2,1-2H3,(H,16,17,18). The molecule has 3 nitrogen and oxygen atoms in total. The summed E-state index contributed by atoms with van der Waals surface area (Å²) < 4.78 is 26.1. The Labute approximate surface area is 104 Å². The van der Waals surface area contributed by atoms with Crippen molar-refractivity contribution >= 4 is 5.82 Å². The molecule has 0 unspecified atom stereocenters. The molecule has 1 N–H and O–H groups in total. The summed E-state index contributed by atoms with van der Waals surface area (Å²) in [5, 5.41) is 2.99. The molecule has 0 radical (unpaired) electrons. The fraction of sp³-hybridized carbons (Fsp3) is 0.231. The highest BCUT2D eigenvalue weighted by atomic mass is 19.1. The molecule has 0 atom stereocenters. The molecule has 94 valence electrons. The van der Waals surface area contributed by atoms with Crippen molar-refractivity contribution in [2.45, 2.75) is 20.4 Å². The molecular formula is C13H13F2N3. The normalized spacial score (nSPS) is 10.4. The Kier molecular flexibility index (Phi) is 3.50. The Hall–Kier alpha value is -2.04. The van der Waals surface area contributed by atoms with Gasteiger partial charge in [0, 0.05) is 29.9 Å². The number of nitrogens with one attached hydrogen (secondary N) is 1. The van der Waals surface area contributed by atoms with E-state index >= 15 is 0 Å². The summed E-state index contributed by atoms with van der Waals surface area (Å²) in [5.74, 6) is 0.135. The molecule has 0 saturated carbocycles. The lowest BCUT2D eigenvalue weighted by molar-refractivity contribution is 0.574. The zero-order chi connectivity index (χ0) is 13.1. The number of rotatable bonds is 3. The monoisotopic (exact) mass is 249 g/mol. The maximum atomic E-state index is 13.4. The number of hydrogen-bond donors (Lipinski definition) is 1. The minimum Gasteiger partial charge on any atom is -0.366 e. The van der Waals surface area contributed by atoms with Gasteiger partial charge in [-0.3, -0.25) is 0 Å². The van der Waals surface area contributed by atoms with Crippen LogP contribution in [0, 0.1) is 25.5 Å². The van der Waals surface area contributed by atoms with Gasteiger partial charge in [0.1, 0.15) is 23.3 Å². The van der Waals surface area contributed by atoms with Crippen molar-refractivity contribution < 1.29 is 8.78 Å². The zero-order valence-corrected chi connectivity index (χ0v) is 10.2. The van der Waals surface area contributed by atoms with E-state index in [0.29, 0.717) is 17.2 Å². The van der Waals surface area contributed by atoms with E-state index in [1.807, 2.05) is 6.92 Å². The summed E-state index contributed by atoms with van der Waals surface area (Å²) in [7, 11) is 0. The van der Waals surface area contributed by atoms with E-state index in [1.165, 1.54) is 12.1 Å². The number of aromatic nitrogens is 2. The van der Waals surface area contributed by atoms with Crippen LogP contribution in [0.15, 0.2) is 24.3 Å². The molecule has 5 heteroatoms. The Bertz CT molecular complexity index is 550. The van der Waals surface area contributed by atoms with Crippen LogP contribution in [0.2, 0.25) is 0 Å². The van der Waals surface area contributed by atoms with Gasteiger partial charge in [0.15, 0.2) is 0 Å². The van der Waals surface area contributed by atoms with E-state index in [4.69, 9.17) is 0 Å². The minimum absolute atomic E-state index is 0.252. The van der Waals surface area contributed by atoms with Crippen LogP contribution in [0.5, 0.6) is 0 Å². The van der Waals surface area contributed by atoms with Crippen LogP contribution < -0.4 is 5.32 Å². The maximum Gasteiger partial charge on any atom is 0.131 e. The molecule has 2 rings (SSSR count). The first-order valence-corrected chi connectivity index (χ1v) is 5.54. The number of halogens is 2. The van der Waals surface area contributed by atoms with E-state index in [1.54, 1.807) is 13.0 Å². The molecule has 2 aromatic rings. The number of hydrogen-bond acceptors (Lipinski definition) is 3. The van der Waals surface area contributed by atoms with Crippen molar-refractivity contribution in [1.29, 1.82) is 0 Å². The van der Waals surface area contributed by atoms with Crippen LogP contribution >= 0.6 is 0 Å². The molecule has 0 aliphatic carbocycles. The first-order chi connectivity index (χ1) is 8.54. The van der Waals surface area contributed by atoms with Gasteiger partial charge in [0.25, 0.3) is 0 Å². The fourth-order valence-electron chi connectivity index (χ4n) is 1.66. The number of aryl methyl sites for hydroxylation is 2. The highest BCUT2D eigenvalue weighted by molar-refractivity contribution is 5.37. The average molecular weight is 249 g/mol. The second-order valence-electron chi connectivity index (χ2n) is 4.03. The average Bonchev–Trinajstić information content (AvgIpc) is 2.26. The molecule has 0 amide bonds. The Morgan fingerprint density at radius 1 is 1.11 bits per heavy atom. The van der Waals surface area contributed by atoms with Crippen molar-refractivity contribution in [2.24, 2.45) is 0 Å². The van der Waals surface area contributed by atoms with Crippen LogP contribution in [-0.4, -0.2) is 9.97 Å². The number of anilines is 1.